The predicted molar refractivity (Wildman–Crippen MR) is 76.1 cm³/mol. The lowest BCUT2D eigenvalue weighted by molar-refractivity contribution is -0.146. The molecule has 106 valence electrons. The molecule has 0 aliphatic heterocycles. The van der Waals surface area contributed by atoms with E-state index in [9.17, 15) is 4.79 Å². The van der Waals surface area contributed by atoms with E-state index in [1.165, 1.54) is 20.0 Å². The molecule has 4 nitrogen and oxygen atoms in total. The van der Waals surface area contributed by atoms with Crippen molar-refractivity contribution in [1.29, 1.82) is 0 Å². The van der Waals surface area contributed by atoms with Crippen molar-refractivity contribution in [3.05, 3.63) is 16.1 Å². The van der Waals surface area contributed by atoms with Gasteiger partial charge in [0.05, 0.1) is 13.0 Å². The highest BCUT2D eigenvalue weighted by Crippen LogP contribution is 2.25. The van der Waals surface area contributed by atoms with E-state index in [1.807, 2.05) is 6.92 Å². The van der Waals surface area contributed by atoms with E-state index >= 15 is 0 Å². The molecule has 2 atom stereocenters. The highest BCUT2D eigenvalue weighted by molar-refractivity contribution is 7.09. The Morgan fingerprint density at radius 2 is 2.26 bits per heavy atom. The molecule has 0 amide bonds. The van der Waals surface area contributed by atoms with Gasteiger partial charge in [-0.25, -0.2) is 4.98 Å². The van der Waals surface area contributed by atoms with Gasteiger partial charge in [0.2, 0.25) is 0 Å². The van der Waals surface area contributed by atoms with Crippen LogP contribution in [0.25, 0.3) is 0 Å². The fourth-order valence-electron chi connectivity index (χ4n) is 2.69. The van der Waals surface area contributed by atoms with Crippen molar-refractivity contribution >= 4 is 17.3 Å². The third-order valence-electron chi connectivity index (χ3n) is 3.70. The van der Waals surface area contributed by atoms with Crippen LogP contribution in [0, 0.1) is 12.8 Å². The van der Waals surface area contributed by atoms with E-state index < -0.39 is 0 Å². The first-order chi connectivity index (χ1) is 9.20. The topological polar surface area (TPSA) is 51.2 Å². The maximum Gasteiger partial charge on any atom is 0.310 e. The van der Waals surface area contributed by atoms with Crippen LogP contribution >= 0.6 is 11.3 Å². The van der Waals surface area contributed by atoms with Crippen molar-refractivity contribution in [2.24, 2.45) is 5.92 Å². The number of aryl methyl sites for hydroxylation is 1. The molecular formula is C14H22N2O2S. The summed E-state index contributed by atoms with van der Waals surface area (Å²) in [7, 11) is 1.48. The molecule has 1 aromatic rings. The summed E-state index contributed by atoms with van der Waals surface area (Å²) in [6, 6.07) is 0.221. The van der Waals surface area contributed by atoms with Crippen LogP contribution in [-0.4, -0.2) is 24.1 Å². The van der Waals surface area contributed by atoms with Crippen molar-refractivity contribution < 1.29 is 9.53 Å². The SMILES string of the molecule is COC(=O)[C@H]1CCCCC[C@@H]1NCc1nc(C)cs1. The minimum Gasteiger partial charge on any atom is -0.469 e. The Bertz CT molecular complexity index is 419. The Kier molecular flexibility index (Phi) is 5.34. The summed E-state index contributed by atoms with van der Waals surface area (Å²) in [5.74, 6) is -0.0803. The molecule has 1 saturated carbocycles. The van der Waals surface area contributed by atoms with Gasteiger partial charge in [0.25, 0.3) is 0 Å². The van der Waals surface area contributed by atoms with Crippen molar-refractivity contribution in [2.75, 3.05) is 7.11 Å². The Hall–Kier alpha value is -0.940. The first-order valence-corrected chi connectivity index (χ1v) is 7.81. The minimum absolute atomic E-state index is 0.00596. The molecule has 0 radical (unpaired) electrons. The number of carbonyl (C=O) groups is 1. The summed E-state index contributed by atoms with van der Waals surface area (Å²) in [6.07, 6.45) is 5.49. The predicted octanol–water partition coefficient (Wildman–Crippen LogP) is 2.66. The van der Waals surface area contributed by atoms with Crippen LogP contribution in [0.1, 0.15) is 42.8 Å². The number of nitrogens with zero attached hydrogens (tertiary/aromatic N) is 1. The maximum absolute atomic E-state index is 11.9. The molecule has 0 saturated heterocycles. The zero-order chi connectivity index (χ0) is 13.7. The molecule has 0 spiro atoms. The molecule has 0 aromatic carbocycles. The van der Waals surface area contributed by atoms with Crippen LogP contribution in [0.15, 0.2) is 5.38 Å². The van der Waals surface area contributed by atoms with E-state index in [-0.39, 0.29) is 17.9 Å². The van der Waals surface area contributed by atoms with Crippen LogP contribution in [-0.2, 0) is 16.1 Å². The van der Waals surface area contributed by atoms with E-state index in [2.05, 4.69) is 15.7 Å². The van der Waals surface area contributed by atoms with Crippen LogP contribution < -0.4 is 5.32 Å². The quantitative estimate of drug-likeness (QED) is 0.681. The largest absolute Gasteiger partial charge is 0.469 e. The minimum atomic E-state index is -0.0743. The summed E-state index contributed by atoms with van der Waals surface area (Å²) in [4.78, 5) is 16.3. The van der Waals surface area contributed by atoms with Gasteiger partial charge in [0.1, 0.15) is 5.01 Å². The zero-order valence-electron chi connectivity index (χ0n) is 11.6. The molecule has 1 aliphatic rings. The number of rotatable bonds is 4. The number of aromatic nitrogens is 1. The Morgan fingerprint density at radius 3 is 2.95 bits per heavy atom. The molecule has 1 aromatic heterocycles. The van der Waals surface area contributed by atoms with Gasteiger partial charge in [-0.3, -0.25) is 4.79 Å². The molecule has 0 bridgehead atoms. The highest BCUT2D eigenvalue weighted by Gasteiger charge is 2.30. The number of hydrogen-bond acceptors (Lipinski definition) is 5. The van der Waals surface area contributed by atoms with Gasteiger partial charge >= 0.3 is 5.97 Å². The lowest BCUT2D eigenvalue weighted by Gasteiger charge is -2.23. The van der Waals surface area contributed by atoms with Crippen LogP contribution in [0.4, 0.5) is 0 Å². The average Bonchev–Trinajstić information content (AvgIpc) is 2.69. The van der Waals surface area contributed by atoms with Gasteiger partial charge in [0.15, 0.2) is 0 Å². The molecule has 1 N–H and O–H groups in total. The monoisotopic (exact) mass is 282 g/mol. The molecule has 2 rings (SSSR count). The second kappa shape index (κ2) is 7.01. The lowest BCUT2D eigenvalue weighted by Crippen LogP contribution is -2.39. The fraction of sp³-hybridized carbons (Fsp3) is 0.714. The van der Waals surface area contributed by atoms with E-state index in [1.54, 1.807) is 11.3 Å². The lowest BCUT2D eigenvalue weighted by atomic mass is 9.95. The Labute approximate surface area is 118 Å². The second-order valence-corrected chi connectivity index (χ2v) is 6.08. The third kappa shape index (κ3) is 4.01. The van der Waals surface area contributed by atoms with E-state index in [0.29, 0.717) is 0 Å². The van der Waals surface area contributed by atoms with Gasteiger partial charge in [-0.15, -0.1) is 11.3 Å². The molecule has 1 fully saturated rings. The summed E-state index contributed by atoms with van der Waals surface area (Å²) < 4.78 is 4.94. The van der Waals surface area contributed by atoms with E-state index in [4.69, 9.17) is 4.74 Å². The standard InChI is InChI=1S/C14H22N2O2S/c1-10-9-19-13(16-10)8-15-12-7-5-3-4-6-11(12)14(17)18-2/h9,11-12,15H,3-8H2,1-2H3/t11-,12-/m0/s1. The van der Waals surface area contributed by atoms with Crippen LogP contribution in [0.2, 0.25) is 0 Å². The summed E-state index contributed by atoms with van der Waals surface area (Å²) in [5.41, 5.74) is 1.06. The molecule has 1 aliphatic carbocycles. The smallest absolute Gasteiger partial charge is 0.310 e. The normalized spacial score (nSPS) is 23.9. The van der Waals surface area contributed by atoms with Crippen molar-refractivity contribution in [2.45, 2.75) is 51.6 Å². The number of ether oxygens (including phenoxy) is 1. The summed E-state index contributed by atoms with van der Waals surface area (Å²) >= 11 is 1.67. The average molecular weight is 282 g/mol. The molecule has 0 unspecified atom stereocenters. The van der Waals surface area contributed by atoms with Gasteiger partial charge < -0.3 is 10.1 Å². The van der Waals surface area contributed by atoms with Gasteiger partial charge in [-0.1, -0.05) is 19.3 Å². The number of methoxy groups -OCH3 is 1. The molecular weight excluding hydrogens is 260 g/mol. The second-order valence-electron chi connectivity index (χ2n) is 5.14. The molecule has 19 heavy (non-hydrogen) atoms. The third-order valence-corrected chi connectivity index (χ3v) is 4.67. The number of thiazole rings is 1. The van der Waals surface area contributed by atoms with Gasteiger partial charge in [-0.2, -0.15) is 0 Å². The van der Waals surface area contributed by atoms with Gasteiger partial charge in [-0.05, 0) is 19.8 Å². The Balaban J connectivity index is 1.95. The van der Waals surface area contributed by atoms with Crippen LogP contribution in [0.3, 0.4) is 0 Å². The van der Waals surface area contributed by atoms with E-state index in [0.717, 1.165) is 36.5 Å². The van der Waals surface area contributed by atoms with Crippen molar-refractivity contribution in [1.82, 2.24) is 10.3 Å². The Morgan fingerprint density at radius 1 is 1.47 bits per heavy atom. The van der Waals surface area contributed by atoms with Crippen molar-refractivity contribution in [3.63, 3.8) is 0 Å². The van der Waals surface area contributed by atoms with Crippen LogP contribution in [0.5, 0.6) is 0 Å². The summed E-state index contributed by atoms with van der Waals surface area (Å²) in [6.45, 7) is 2.75. The fourth-order valence-corrected chi connectivity index (χ4v) is 3.41. The highest BCUT2D eigenvalue weighted by atomic mass is 32.1. The molecule has 5 heteroatoms. The first kappa shape index (κ1) is 14.5. The van der Waals surface area contributed by atoms with Crippen molar-refractivity contribution in [3.8, 4) is 0 Å². The number of carbonyl (C=O) groups excluding carboxylic acids is 1. The molecule has 1 heterocycles. The number of nitrogens with one attached hydrogen (secondary N) is 1. The summed E-state index contributed by atoms with van der Waals surface area (Å²) in [5, 5.41) is 6.65. The maximum atomic E-state index is 11.9. The number of esters is 1. The van der Waals surface area contributed by atoms with Gasteiger partial charge in [0, 0.05) is 23.7 Å². The number of hydrogen-bond donors (Lipinski definition) is 1. The first-order valence-electron chi connectivity index (χ1n) is 6.93. The zero-order valence-corrected chi connectivity index (χ0v) is 12.5.